The van der Waals surface area contributed by atoms with Crippen LogP contribution in [-0.2, 0) is 15.9 Å². The van der Waals surface area contributed by atoms with E-state index in [0.29, 0.717) is 6.10 Å². The molecule has 0 aromatic heterocycles. The van der Waals surface area contributed by atoms with Gasteiger partial charge in [0.2, 0.25) is 0 Å². The van der Waals surface area contributed by atoms with Gasteiger partial charge in [-0.3, -0.25) is 0 Å². The van der Waals surface area contributed by atoms with Crippen molar-refractivity contribution < 1.29 is 9.47 Å². The van der Waals surface area contributed by atoms with Gasteiger partial charge in [0.25, 0.3) is 0 Å². The fraction of sp³-hybridized carbons (Fsp3) is 0.680. The van der Waals surface area contributed by atoms with Gasteiger partial charge in [0.05, 0.1) is 6.10 Å². The first-order valence-corrected chi connectivity index (χ1v) is 11.3. The molecule has 27 heavy (non-hydrogen) atoms. The molecule has 0 N–H and O–H groups in total. The van der Waals surface area contributed by atoms with Crippen molar-refractivity contribution in [2.75, 3.05) is 19.8 Å². The van der Waals surface area contributed by atoms with Crippen molar-refractivity contribution in [3.05, 3.63) is 41.5 Å². The van der Waals surface area contributed by atoms with Gasteiger partial charge in [-0.05, 0) is 74.8 Å². The molecule has 1 aromatic carbocycles. The maximum atomic E-state index is 5.98. The van der Waals surface area contributed by atoms with E-state index in [1.54, 1.807) is 0 Å². The number of hydrogen-bond donors (Lipinski definition) is 0. The van der Waals surface area contributed by atoms with E-state index in [1.807, 2.05) is 0 Å². The van der Waals surface area contributed by atoms with Crippen molar-refractivity contribution in [1.29, 1.82) is 0 Å². The van der Waals surface area contributed by atoms with E-state index in [1.165, 1.54) is 56.1 Å². The van der Waals surface area contributed by atoms with Crippen molar-refractivity contribution in [3.63, 3.8) is 0 Å². The van der Waals surface area contributed by atoms with Crippen molar-refractivity contribution in [2.45, 2.75) is 84.2 Å². The van der Waals surface area contributed by atoms with E-state index < -0.39 is 0 Å². The first-order valence-electron chi connectivity index (χ1n) is 11.3. The first kappa shape index (κ1) is 22.2. The molecule has 2 nitrogen and oxygen atoms in total. The zero-order chi connectivity index (χ0) is 19.2. The van der Waals surface area contributed by atoms with Gasteiger partial charge in [0, 0.05) is 19.8 Å². The maximum absolute atomic E-state index is 5.98. The van der Waals surface area contributed by atoms with Gasteiger partial charge < -0.3 is 9.47 Å². The summed E-state index contributed by atoms with van der Waals surface area (Å²) in [4.78, 5) is 0. The number of unbranched alkanes of at least 4 members (excludes halogenated alkanes) is 2. The number of ether oxygens (including phenoxy) is 2. The third kappa shape index (κ3) is 9.58. The molecule has 0 aliphatic heterocycles. The lowest BCUT2D eigenvalue weighted by Crippen LogP contribution is -2.21. The van der Waals surface area contributed by atoms with Gasteiger partial charge in [-0.2, -0.15) is 0 Å². The Morgan fingerprint density at radius 2 is 1.63 bits per heavy atom. The van der Waals surface area contributed by atoms with Gasteiger partial charge in [-0.1, -0.05) is 56.7 Å². The molecule has 0 amide bonds. The number of hydrogen-bond acceptors (Lipinski definition) is 2. The standard InChI is InChI=1S/C25H40O2/c1-3-5-21-27-25-17-15-24(16-18-25)14-13-23-11-9-22(10-12-23)8-6-7-20-26-19-4-2/h9-14,24-25H,3-8,15-21H2,1-2H3. The van der Waals surface area contributed by atoms with Crippen LogP contribution < -0.4 is 0 Å². The molecule has 152 valence electrons. The number of benzene rings is 1. The highest BCUT2D eigenvalue weighted by Gasteiger charge is 2.19. The molecule has 0 radical (unpaired) electrons. The smallest absolute Gasteiger partial charge is 0.0575 e. The molecule has 2 rings (SSSR count). The Morgan fingerprint density at radius 1 is 0.852 bits per heavy atom. The normalized spacial score (nSPS) is 20.4. The third-order valence-corrected chi connectivity index (χ3v) is 5.46. The average Bonchev–Trinajstić information content (AvgIpc) is 2.71. The molecule has 0 saturated heterocycles. The quantitative estimate of drug-likeness (QED) is 0.353. The number of aryl methyl sites for hydroxylation is 1. The van der Waals surface area contributed by atoms with Crippen molar-refractivity contribution >= 4 is 6.08 Å². The Kier molecular flexibility index (Phi) is 11.5. The van der Waals surface area contributed by atoms with E-state index in [2.05, 4.69) is 50.3 Å². The van der Waals surface area contributed by atoms with Crippen LogP contribution in [0.15, 0.2) is 30.3 Å². The predicted molar refractivity (Wildman–Crippen MR) is 116 cm³/mol. The lowest BCUT2D eigenvalue weighted by atomic mass is 9.87. The summed E-state index contributed by atoms with van der Waals surface area (Å²) < 4.78 is 11.5. The molecule has 1 aliphatic rings. The highest BCUT2D eigenvalue weighted by atomic mass is 16.5. The van der Waals surface area contributed by atoms with Crippen molar-refractivity contribution in [1.82, 2.24) is 0 Å². The van der Waals surface area contributed by atoms with E-state index in [0.717, 1.165) is 45.0 Å². The van der Waals surface area contributed by atoms with E-state index >= 15 is 0 Å². The molecule has 2 heteroatoms. The molecule has 0 atom stereocenters. The summed E-state index contributed by atoms with van der Waals surface area (Å²) in [5, 5.41) is 0. The highest BCUT2D eigenvalue weighted by Crippen LogP contribution is 2.28. The van der Waals surface area contributed by atoms with Gasteiger partial charge in [-0.15, -0.1) is 0 Å². The summed E-state index contributed by atoms with van der Waals surface area (Å²) in [6, 6.07) is 9.09. The number of allylic oxidation sites excluding steroid dienone is 1. The molecule has 0 heterocycles. The molecule has 0 spiro atoms. The second-order valence-corrected chi connectivity index (χ2v) is 7.93. The summed E-state index contributed by atoms with van der Waals surface area (Å²) in [6.45, 7) is 7.13. The SMILES string of the molecule is CCCCOC1CCC(C=Cc2ccc(CCCCOCCC)cc2)CC1. The summed E-state index contributed by atoms with van der Waals surface area (Å²) >= 11 is 0. The molecule has 1 aromatic rings. The Morgan fingerprint density at radius 3 is 2.33 bits per heavy atom. The van der Waals surface area contributed by atoms with Crippen LogP contribution in [0.4, 0.5) is 0 Å². The molecule has 1 fully saturated rings. The molecule has 0 unspecified atom stereocenters. The fourth-order valence-electron chi connectivity index (χ4n) is 3.66. The Labute approximate surface area is 167 Å². The Bertz CT molecular complexity index is 498. The first-order chi connectivity index (χ1) is 13.3. The zero-order valence-corrected chi connectivity index (χ0v) is 17.6. The Hall–Kier alpha value is -1.12. The van der Waals surface area contributed by atoms with Crippen LogP contribution in [0.25, 0.3) is 6.08 Å². The fourth-order valence-corrected chi connectivity index (χ4v) is 3.66. The van der Waals surface area contributed by atoms with E-state index in [4.69, 9.17) is 9.47 Å². The second-order valence-electron chi connectivity index (χ2n) is 7.93. The van der Waals surface area contributed by atoms with Crippen LogP contribution in [0.1, 0.15) is 82.8 Å². The molecule has 1 aliphatic carbocycles. The minimum atomic E-state index is 0.507. The monoisotopic (exact) mass is 372 g/mol. The summed E-state index contributed by atoms with van der Waals surface area (Å²) in [6.07, 6.45) is 17.3. The average molecular weight is 373 g/mol. The lowest BCUT2D eigenvalue weighted by Gasteiger charge is -2.26. The van der Waals surface area contributed by atoms with Gasteiger partial charge in [0.1, 0.15) is 0 Å². The van der Waals surface area contributed by atoms with Crippen LogP contribution >= 0.6 is 0 Å². The van der Waals surface area contributed by atoms with Crippen LogP contribution in [0.5, 0.6) is 0 Å². The van der Waals surface area contributed by atoms with Crippen LogP contribution in [0.3, 0.4) is 0 Å². The van der Waals surface area contributed by atoms with Gasteiger partial charge in [-0.25, -0.2) is 0 Å². The predicted octanol–water partition coefficient (Wildman–Crippen LogP) is 6.82. The highest BCUT2D eigenvalue weighted by molar-refractivity contribution is 5.50. The van der Waals surface area contributed by atoms with Crippen molar-refractivity contribution in [2.24, 2.45) is 5.92 Å². The largest absolute Gasteiger partial charge is 0.381 e. The van der Waals surface area contributed by atoms with E-state index in [9.17, 15) is 0 Å². The molecule has 0 bridgehead atoms. The topological polar surface area (TPSA) is 18.5 Å². The zero-order valence-electron chi connectivity index (χ0n) is 17.6. The summed E-state index contributed by atoms with van der Waals surface area (Å²) in [5.74, 6) is 0.721. The summed E-state index contributed by atoms with van der Waals surface area (Å²) in [5.41, 5.74) is 2.76. The van der Waals surface area contributed by atoms with Crippen LogP contribution in [0, 0.1) is 5.92 Å². The van der Waals surface area contributed by atoms with Crippen molar-refractivity contribution in [3.8, 4) is 0 Å². The van der Waals surface area contributed by atoms with E-state index in [-0.39, 0.29) is 0 Å². The number of rotatable bonds is 13. The molecular weight excluding hydrogens is 332 g/mol. The third-order valence-electron chi connectivity index (χ3n) is 5.46. The van der Waals surface area contributed by atoms with Crippen LogP contribution in [0.2, 0.25) is 0 Å². The van der Waals surface area contributed by atoms with Gasteiger partial charge in [0.15, 0.2) is 0 Å². The minimum absolute atomic E-state index is 0.507. The minimum Gasteiger partial charge on any atom is -0.381 e. The lowest BCUT2D eigenvalue weighted by molar-refractivity contribution is 0.0209. The molecule has 1 saturated carbocycles. The Balaban J connectivity index is 1.63. The van der Waals surface area contributed by atoms with Crippen LogP contribution in [-0.4, -0.2) is 25.9 Å². The molecular formula is C25H40O2. The summed E-state index contributed by atoms with van der Waals surface area (Å²) in [7, 11) is 0. The van der Waals surface area contributed by atoms with Gasteiger partial charge >= 0.3 is 0 Å². The second kappa shape index (κ2) is 14.0. The maximum Gasteiger partial charge on any atom is 0.0575 e.